The number of nitrogens with zero attached hydrogens (tertiary/aromatic N) is 4. The highest BCUT2D eigenvalue weighted by molar-refractivity contribution is 8.23. The molecule has 1 fully saturated rings. The first-order chi connectivity index (χ1) is 12.0. The maximum atomic E-state index is 10.8. The maximum absolute atomic E-state index is 10.8. The van der Waals surface area contributed by atoms with Crippen molar-refractivity contribution in [1.29, 1.82) is 0 Å². The average Bonchev–Trinajstić information content (AvgIpc) is 2.62. The Labute approximate surface area is 152 Å². The van der Waals surface area contributed by atoms with Crippen molar-refractivity contribution in [3.63, 3.8) is 0 Å². The third kappa shape index (κ3) is 3.69. The molecule has 1 saturated heterocycles. The van der Waals surface area contributed by atoms with Crippen molar-refractivity contribution in [2.24, 2.45) is 0 Å². The lowest BCUT2D eigenvalue weighted by molar-refractivity contribution is -0.385. The highest BCUT2D eigenvalue weighted by Crippen LogP contribution is 2.30. The van der Waals surface area contributed by atoms with Crippen molar-refractivity contribution in [3.05, 3.63) is 68.8 Å². The van der Waals surface area contributed by atoms with Crippen LogP contribution in [0.15, 0.2) is 48.5 Å². The molecule has 3 rings (SSSR count). The summed E-state index contributed by atoms with van der Waals surface area (Å²) in [5, 5.41) is 21.5. The van der Waals surface area contributed by atoms with Crippen molar-refractivity contribution in [3.8, 4) is 0 Å². The van der Waals surface area contributed by atoms with E-state index in [1.165, 1.54) is 36.0 Å². The molecule has 10 heteroatoms. The van der Waals surface area contributed by atoms with Crippen LogP contribution in [0.1, 0.15) is 0 Å². The second kappa shape index (κ2) is 7.03. The lowest BCUT2D eigenvalue weighted by Gasteiger charge is -2.37. The second-order valence-electron chi connectivity index (χ2n) is 5.20. The molecule has 25 heavy (non-hydrogen) atoms. The van der Waals surface area contributed by atoms with E-state index in [1.807, 2.05) is 9.80 Å². The molecule has 0 aliphatic carbocycles. The molecular formula is C15H12N4O4S2. The van der Waals surface area contributed by atoms with E-state index in [4.69, 9.17) is 12.2 Å². The van der Waals surface area contributed by atoms with E-state index < -0.39 is 9.85 Å². The number of rotatable bonds is 4. The molecule has 0 spiro atoms. The zero-order chi connectivity index (χ0) is 18.0. The Kier molecular flexibility index (Phi) is 4.81. The molecule has 0 N–H and O–H groups in total. The zero-order valence-electron chi connectivity index (χ0n) is 12.8. The summed E-state index contributed by atoms with van der Waals surface area (Å²) in [5.41, 5.74) is 1.66. The first-order valence-corrected chi connectivity index (χ1v) is 8.53. The van der Waals surface area contributed by atoms with Crippen LogP contribution in [0.5, 0.6) is 0 Å². The summed E-state index contributed by atoms with van der Waals surface area (Å²) in [4.78, 5) is 24.5. The van der Waals surface area contributed by atoms with Crippen LogP contribution in [0, 0.1) is 20.2 Å². The predicted octanol–water partition coefficient (Wildman–Crippen LogP) is 3.76. The Morgan fingerprint density at radius 3 is 1.84 bits per heavy atom. The number of thiocarbonyl (C=S) groups is 1. The third-order valence-corrected chi connectivity index (χ3v) is 5.16. The van der Waals surface area contributed by atoms with Crippen molar-refractivity contribution in [2.45, 2.75) is 0 Å². The van der Waals surface area contributed by atoms with Gasteiger partial charge in [0, 0.05) is 35.6 Å². The molecule has 8 nitrogen and oxygen atoms in total. The lowest BCUT2D eigenvalue weighted by atomic mass is 10.2. The van der Waals surface area contributed by atoms with Crippen molar-refractivity contribution in [2.75, 3.05) is 22.3 Å². The van der Waals surface area contributed by atoms with Crippen LogP contribution in [-0.2, 0) is 0 Å². The highest BCUT2D eigenvalue weighted by Gasteiger charge is 2.24. The standard InChI is InChI=1S/C15H12N4O4S2/c20-18(21)13-5-1-11(2-6-13)16-9-17(15(24)25-10-16)12-3-7-14(8-4-12)19(22)23/h1-8H,9-10H2. The van der Waals surface area contributed by atoms with Crippen molar-refractivity contribution in [1.82, 2.24) is 0 Å². The summed E-state index contributed by atoms with van der Waals surface area (Å²) >= 11 is 6.85. The van der Waals surface area contributed by atoms with Crippen LogP contribution >= 0.6 is 24.0 Å². The van der Waals surface area contributed by atoms with Gasteiger partial charge < -0.3 is 9.80 Å². The average molecular weight is 376 g/mol. The van der Waals surface area contributed by atoms with Crippen molar-refractivity contribution < 1.29 is 9.85 Å². The number of benzene rings is 2. The second-order valence-corrected chi connectivity index (χ2v) is 6.77. The molecule has 1 aliphatic heterocycles. The molecule has 2 aromatic rings. The van der Waals surface area contributed by atoms with E-state index in [0.717, 1.165) is 11.4 Å². The fourth-order valence-corrected chi connectivity index (χ4v) is 3.50. The minimum atomic E-state index is -0.448. The Balaban J connectivity index is 1.80. The zero-order valence-corrected chi connectivity index (χ0v) is 14.4. The van der Waals surface area contributed by atoms with Gasteiger partial charge in [-0.2, -0.15) is 0 Å². The van der Waals surface area contributed by atoms with Gasteiger partial charge in [0.1, 0.15) is 4.32 Å². The molecule has 128 valence electrons. The monoisotopic (exact) mass is 376 g/mol. The number of hydrogen-bond donors (Lipinski definition) is 0. The largest absolute Gasteiger partial charge is 0.344 e. The molecule has 1 aliphatic rings. The van der Waals surface area contributed by atoms with E-state index in [9.17, 15) is 20.2 Å². The molecule has 0 aromatic heterocycles. The van der Waals surface area contributed by atoms with Gasteiger partial charge in [0.15, 0.2) is 0 Å². The normalized spacial score (nSPS) is 14.5. The molecule has 2 aromatic carbocycles. The lowest BCUT2D eigenvalue weighted by Crippen LogP contribution is -2.45. The number of non-ortho nitro benzene ring substituents is 2. The van der Waals surface area contributed by atoms with Crippen LogP contribution in [-0.4, -0.2) is 26.7 Å². The molecule has 0 amide bonds. The Morgan fingerprint density at radius 2 is 1.36 bits per heavy atom. The minimum Gasteiger partial charge on any atom is -0.344 e. The number of hydrogen-bond acceptors (Lipinski definition) is 7. The highest BCUT2D eigenvalue weighted by atomic mass is 32.2. The number of nitro groups is 2. The van der Waals surface area contributed by atoms with Gasteiger partial charge >= 0.3 is 0 Å². The number of thioether (sulfide) groups is 1. The van der Waals surface area contributed by atoms with E-state index in [2.05, 4.69) is 0 Å². The SMILES string of the molecule is O=[N+]([O-])c1ccc(N2CSC(=S)N(c3ccc([N+](=O)[O-])cc3)C2)cc1. The number of nitro benzene ring substituents is 2. The molecule has 0 atom stereocenters. The minimum absolute atomic E-state index is 0.0200. The summed E-state index contributed by atoms with van der Waals surface area (Å²) in [6.07, 6.45) is 0. The summed E-state index contributed by atoms with van der Waals surface area (Å²) in [6, 6.07) is 12.5. The Hall–Kier alpha value is -2.72. The van der Waals surface area contributed by atoms with E-state index >= 15 is 0 Å². The number of anilines is 2. The molecule has 0 bridgehead atoms. The van der Waals surface area contributed by atoms with Gasteiger partial charge in [0.25, 0.3) is 11.4 Å². The molecule has 0 radical (unpaired) electrons. The summed E-state index contributed by atoms with van der Waals surface area (Å²) in [7, 11) is 0. The van der Waals surface area contributed by atoms with E-state index in [0.29, 0.717) is 16.9 Å². The summed E-state index contributed by atoms with van der Waals surface area (Å²) in [6.45, 7) is 0.460. The van der Waals surface area contributed by atoms with E-state index in [-0.39, 0.29) is 11.4 Å². The van der Waals surface area contributed by atoms with Crippen LogP contribution in [0.3, 0.4) is 0 Å². The van der Waals surface area contributed by atoms with Crippen LogP contribution in [0.2, 0.25) is 0 Å². The fourth-order valence-electron chi connectivity index (χ4n) is 2.36. The predicted molar refractivity (Wildman–Crippen MR) is 101 cm³/mol. The summed E-state index contributed by atoms with van der Waals surface area (Å²) < 4.78 is 0.673. The molecule has 0 unspecified atom stereocenters. The Bertz CT molecular complexity index is 826. The molecule has 1 heterocycles. The molecular weight excluding hydrogens is 364 g/mol. The van der Waals surface area contributed by atoms with Gasteiger partial charge in [-0.05, 0) is 24.3 Å². The van der Waals surface area contributed by atoms with Crippen molar-refractivity contribution >= 4 is 51.0 Å². The third-order valence-electron chi connectivity index (χ3n) is 3.67. The first-order valence-electron chi connectivity index (χ1n) is 7.14. The van der Waals surface area contributed by atoms with E-state index in [1.54, 1.807) is 24.3 Å². The van der Waals surface area contributed by atoms with Gasteiger partial charge in [-0.25, -0.2) is 0 Å². The van der Waals surface area contributed by atoms with Gasteiger partial charge in [-0.1, -0.05) is 24.0 Å². The first kappa shape index (κ1) is 17.1. The topological polar surface area (TPSA) is 92.8 Å². The van der Waals surface area contributed by atoms with Gasteiger partial charge in [0.05, 0.1) is 22.4 Å². The van der Waals surface area contributed by atoms with Gasteiger partial charge in [-0.3, -0.25) is 20.2 Å². The van der Waals surface area contributed by atoms with Crippen LogP contribution < -0.4 is 9.80 Å². The molecule has 0 saturated carbocycles. The smallest absolute Gasteiger partial charge is 0.269 e. The van der Waals surface area contributed by atoms with Crippen LogP contribution in [0.25, 0.3) is 0 Å². The quantitative estimate of drug-likeness (QED) is 0.452. The summed E-state index contributed by atoms with van der Waals surface area (Å²) in [5.74, 6) is 0.625. The van der Waals surface area contributed by atoms with Gasteiger partial charge in [-0.15, -0.1) is 0 Å². The van der Waals surface area contributed by atoms with Gasteiger partial charge in [0.2, 0.25) is 0 Å². The van der Waals surface area contributed by atoms with Crippen LogP contribution in [0.4, 0.5) is 22.7 Å². The Morgan fingerprint density at radius 1 is 0.880 bits per heavy atom. The maximum Gasteiger partial charge on any atom is 0.269 e. The fraction of sp³-hybridized carbons (Fsp3) is 0.133.